The number of aliphatic hydroxyl groups excluding tert-OH is 2. The fraction of sp³-hybridized carbons (Fsp3) is 0.414. The van der Waals surface area contributed by atoms with Crippen LogP contribution in [0.1, 0.15) is 59.8 Å². The van der Waals surface area contributed by atoms with Gasteiger partial charge in [0.25, 0.3) is 0 Å². The van der Waals surface area contributed by atoms with E-state index >= 15 is 0 Å². The number of Topliss-reactive ketones (excluding diaryl/α,β-unsaturated/α-hetero) is 1. The highest BCUT2D eigenvalue weighted by Crippen LogP contribution is 2.63. The van der Waals surface area contributed by atoms with Crippen molar-refractivity contribution in [3.8, 4) is 12.1 Å². The fourth-order valence-electron chi connectivity index (χ4n) is 7.12. The second-order valence-electron chi connectivity index (χ2n) is 9.91. The van der Waals surface area contributed by atoms with Crippen LogP contribution >= 0.6 is 0 Å². The van der Waals surface area contributed by atoms with Gasteiger partial charge >= 0.3 is 0 Å². The predicted molar refractivity (Wildman–Crippen MR) is 126 cm³/mol. The molecular weight excluding hydrogens is 424 g/mol. The van der Waals surface area contributed by atoms with E-state index < -0.39 is 0 Å². The van der Waals surface area contributed by atoms with Crippen molar-refractivity contribution in [3.63, 3.8) is 0 Å². The number of nitriles is 2. The van der Waals surface area contributed by atoms with Crippen molar-refractivity contribution < 1.29 is 15.0 Å². The number of carbonyl (C=O) groups excluding carboxylic acids is 1. The van der Waals surface area contributed by atoms with Gasteiger partial charge in [-0.3, -0.25) is 4.79 Å². The molecule has 0 saturated heterocycles. The van der Waals surface area contributed by atoms with Crippen LogP contribution in [0.4, 0.5) is 0 Å². The first-order valence-electron chi connectivity index (χ1n) is 12.1. The van der Waals surface area contributed by atoms with Crippen LogP contribution in [0.15, 0.2) is 59.7 Å². The molecule has 0 bridgehead atoms. The third-order valence-corrected chi connectivity index (χ3v) is 8.53. The average molecular weight is 453 g/mol. The average Bonchev–Trinajstić information content (AvgIpc) is 3.18. The van der Waals surface area contributed by atoms with Crippen molar-refractivity contribution in [2.75, 3.05) is 0 Å². The number of aliphatic hydroxyl groups is 2. The Labute approximate surface area is 200 Å². The van der Waals surface area contributed by atoms with Gasteiger partial charge in [0.1, 0.15) is 17.7 Å². The molecule has 2 aromatic carbocycles. The summed E-state index contributed by atoms with van der Waals surface area (Å²) in [5, 5.41) is 38.1. The zero-order valence-electron chi connectivity index (χ0n) is 19.0. The summed E-state index contributed by atoms with van der Waals surface area (Å²) in [5.41, 5.74) is 4.69. The van der Waals surface area contributed by atoms with Crippen molar-refractivity contribution in [3.05, 3.63) is 81.9 Å². The minimum Gasteiger partial charge on any atom is -0.392 e. The van der Waals surface area contributed by atoms with Crippen molar-refractivity contribution in [1.29, 1.82) is 10.5 Å². The molecule has 0 aromatic heterocycles. The van der Waals surface area contributed by atoms with Crippen molar-refractivity contribution in [1.82, 2.24) is 0 Å². The maximum absolute atomic E-state index is 13.5. The summed E-state index contributed by atoms with van der Waals surface area (Å²) in [6, 6.07) is 20.3. The number of nitrogens with zero attached hydrogens (tertiary/aromatic N) is 2. The maximum atomic E-state index is 13.5. The van der Waals surface area contributed by atoms with Crippen LogP contribution in [0.2, 0.25) is 0 Å². The lowest BCUT2D eigenvalue weighted by Crippen LogP contribution is -2.41. The molecule has 5 heteroatoms. The maximum Gasteiger partial charge on any atom is 0.164 e. The molecule has 3 aliphatic carbocycles. The minimum atomic E-state index is -0.130. The van der Waals surface area contributed by atoms with E-state index in [0.29, 0.717) is 5.57 Å². The van der Waals surface area contributed by atoms with E-state index in [2.05, 4.69) is 24.3 Å². The van der Waals surface area contributed by atoms with Crippen LogP contribution in [-0.2, 0) is 18.0 Å². The largest absolute Gasteiger partial charge is 0.392 e. The van der Waals surface area contributed by atoms with Crippen LogP contribution in [0.25, 0.3) is 0 Å². The Kier molecular flexibility index (Phi) is 6.09. The quantitative estimate of drug-likeness (QED) is 0.524. The first-order chi connectivity index (χ1) is 16.6. The van der Waals surface area contributed by atoms with Gasteiger partial charge in [0, 0.05) is 11.5 Å². The molecule has 0 aliphatic heterocycles. The number of carbonyl (C=O) groups is 1. The molecule has 2 aromatic rings. The van der Waals surface area contributed by atoms with Crippen molar-refractivity contribution >= 4 is 5.78 Å². The normalized spacial score (nSPS) is 29.8. The molecule has 3 saturated carbocycles. The van der Waals surface area contributed by atoms with Gasteiger partial charge in [0.2, 0.25) is 0 Å². The van der Waals surface area contributed by atoms with Crippen LogP contribution in [-0.4, -0.2) is 16.0 Å². The third-order valence-electron chi connectivity index (χ3n) is 8.53. The number of hydrogen-bond donors (Lipinski definition) is 2. The SMILES string of the molecule is N#CC(C#N)=C1C(=O)C2CCC(c3ccc(CO)cc3)C3C(c4ccc(CO)cc4)CCC1C23. The molecule has 0 spiro atoms. The van der Waals surface area contributed by atoms with E-state index in [1.54, 1.807) is 0 Å². The molecule has 0 radical (unpaired) electrons. The Balaban J connectivity index is 1.61. The van der Waals surface area contributed by atoms with Gasteiger partial charge in [-0.25, -0.2) is 0 Å². The Morgan fingerprint density at radius 1 is 0.706 bits per heavy atom. The number of hydrogen-bond acceptors (Lipinski definition) is 5. The Morgan fingerprint density at radius 3 is 1.56 bits per heavy atom. The molecule has 6 unspecified atom stereocenters. The van der Waals surface area contributed by atoms with Gasteiger partial charge in [-0.05, 0) is 77.5 Å². The number of allylic oxidation sites excluding steroid dienone is 2. The molecular formula is C29H28N2O3. The summed E-state index contributed by atoms with van der Waals surface area (Å²) < 4.78 is 0. The summed E-state index contributed by atoms with van der Waals surface area (Å²) in [4.78, 5) is 13.5. The van der Waals surface area contributed by atoms with Gasteiger partial charge in [0.05, 0.1) is 13.2 Å². The predicted octanol–water partition coefficient (Wildman–Crippen LogP) is 4.52. The molecule has 3 aliphatic rings. The lowest BCUT2D eigenvalue weighted by atomic mass is 9.54. The number of ketones is 1. The molecule has 5 rings (SSSR count). The Bertz CT molecular complexity index is 1130. The van der Waals surface area contributed by atoms with E-state index in [9.17, 15) is 25.5 Å². The van der Waals surface area contributed by atoms with E-state index in [1.807, 2.05) is 36.4 Å². The molecule has 0 amide bonds. The second kappa shape index (κ2) is 9.18. The van der Waals surface area contributed by atoms with E-state index in [4.69, 9.17) is 0 Å². The highest BCUT2D eigenvalue weighted by atomic mass is 16.3. The monoisotopic (exact) mass is 452 g/mol. The highest BCUT2D eigenvalue weighted by Gasteiger charge is 2.58. The molecule has 172 valence electrons. The standard InChI is InChI=1S/C29H28N2O3/c30-13-21(14-31)26-24-11-9-22(19-5-1-17(15-32)2-6-19)27-23(10-12-25(28(24)27)29(26)34)20-7-3-18(16-33)4-8-20/h1-8,22-25,27-28,32-33H,9-12,15-16H2. The molecule has 3 fully saturated rings. The van der Waals surface area contributed by atoms with Gasteiger partial charge in [-0.2, -0.15) is 10.5 Å². The first kappa shape index (κ1) is 22.5. The third kappa shape index (κ3) is 3.57. The summed E-state index contributed by atoms with van der Waals surface area (Å²) in [6.45, 7) is 0.0173. The summed E-state index contributed by atoms with van der Waals surface area (Å²) in [6.07, 6.45) is 3.35. The topological polar surface area (TPSA) is 105 Å². The van der Waals surface area contributed by atoms with Crippen molar-refractivity contribution in [2.24, 2.45) is 23.7 Å². The zero-order chi connectivity index (χ0) is 23.8. The first-order valence-corrected chi connectivity index (χ1v) is 12.1. The molecule has 0 heterocycles. The van der Waals surface area contributed by atoms with E-state index in [1.165, 1.54) is 11.1 Å². The Hall–Kier alpha value is -3.25. The van der Waals surface area contributed by atoms with E-state index in [-0.39, 0.29) is 60.1 Å². The second-order valence-corrected chi connectivity index (χ2v) is 9.91. The van der Waals surface area contributed by atoms with Crippen LogP contribution in [0.5, 0.6) is 0 Å². The zero-order valence-corrected chi connectivity index (χ0v) is 19.0. The summed E-state index contributed by atoms with van der Waals surface area (Å²) in [7, 11) is 0. The van der Waals surface area contributed by atoms with Crippen LogP contribution in [0, 0.1) is 46.3 Å². The summed E-state index contributed by atoms with van der Waals surface area (Å²) in [5.74, 6) is 0.712. The molecule has 2 N–H and O–H groups in total. The van der Waals surface area contributed by atoms with Gasteiger partial charge in [0.15, 0.2) is 5.78 Å². The lowest BCUT2D eigenvalue weighted by molar-refractivity contribution is -0.120. The van der Waals surface area contributed by atoms with Gasteiger partial charge < -0.3 is 10.2 Å². The molecule has 6 atom stereocenters. The fourth-order valence-corrected chi connectivity index (χ4v) is 7.12. The van der Waals surface area contributed by atoms with Crippen molar-refractivity contribution in [2.45, 2.75) is 50.7 Å². The number of benzene rings is 2. The van der Waals surface area contributed by atoms with Crippen LogP contribution in [0.3, 0.4) is 0 Å². The van der Waals surface area contributed by atoms with Gasteiger partial charge in [-0.1, -0.05) is 48.5 Å². The molecule has 5 nitrogen and oxygen atoms in total. The Morgan fingerprint density at radius 2 is 1.12 bits per heavy atom. The lowest BCUT2D eigenvalue weighted by Gasteiger charge is -2.49. The number of rotatable bonds is 4. The van der Waals surface area contributed by atoms with Gasteiger partial charge in [-0.15, -0.1) is 0 Å². The van der Waals surface area contributed by atoms with Crippen LogP contribution < -0.4 is 0 Å². The highest BCUT2D eigenvalue weighted by molar-refractivity contribution is 6.02. The molecule has 34 heavy (non-hydrogen) atoms. The summed E-state index contributed by atoms with van der Waals surface area (Å²) >= 11 is 0. The minimum absolute atomic E-state index is 0.00209. The smallest absolute Gasteiger partial charge is 0.164 e. The van der Waals surface area contributed by atoms with E-state index in [0.717, 1.165) is 36.8 Å².